The van der Waals surface area contributed by atoms with Crippen molar-refractivity contribution in [1.29, 1.82) is 0 Å². The Labute approximate surface area is 173 Å². The number of nitrogens with zero attached hydrogens (tertiary/aromatic N) is 5. The summed E-state index contributed by atoms with van der Waals surface area (Å²) in [6.07, 6.45) is 4.84. The van der Waals surface area contributed by atoms with Crippen LogP contribution in [0.1, 0.15) is 17.4 Å². The number of H-pyrrole nitrogens is 2. The molecule has 148 valence electrons. The Bertz CT molecular complexity index is 1220. The van der Waals surface area contributed by atoms with Gasteiger partial charge in [0, 0.05) is 11.9 Å². The third kappa shape index (κ3) is 3.12. The van der Waals surface area contributed by atoms with Gasteiger partial charge in [-0.3, -0.25) is 9.89 Å². The zero-order chi connectivity index (χ0) is 20.0. The number of ether oxygens (including phenoxy) is 1. The summed E-state index contributed by atoms with van der Waals surface area (Å²) < 4.78 is 6.06. The molecule has 0 bridgehead atoms. The fourth-order valence-electron chi connectivity index (χ4n) is 3.44. The molecule has 1 fully saturated rings. The SMILES string of the molecule is C[C@@H]1COCCN1C(=O)c1[nH]c2ncnc(Nc3cnc4[nH]ncc4c3)c2c1Br. The molecule has 0 aliphatic carbocycles. The number of halogens is 1. The van der Waals surface area contributed by atoms with Gasteiger partial charge in [-0.2, -0.15) is 5.10 Å². The molecule has 0 aromatic carbocycles. The lowest BCUT2D eigenvalue weighted by atomic mass is 10.2. The van der Waals surface area contributed by atoms with Crippen molar-refractivity contribution < 1.29 is 9.53 Å². The van der Waals surface area contributed by atoms with E-state index in [0.717, 1.165) is 11.1 Å². The van der Waals surface area contributed by atoms with E-state index in [-0.39, 0.29) is 11.9 Å². The number of pyridine rings is 1. The Balaban J connectivity index is 1.52. The topological polar surface area (TPSA) is 125 Å². The predicted molar refractivity (Wildman–Crippen MR) is 110 cm³/mol. The molecule has 0 saturated carbocycles. The van der Waals surface area contributed by atoms with E-state index >= 15 is 0 Å². The molecule has 1 aliphatic rings. The average molecular weight is 457 g/mol. The van der Waals surface area contributed by atoms with Crippen LogP contribution in [0.3, 0.4) is 0 Å². The fourth-order valence-corrected chi connectivity index (χ4v) is 4.09. The number of aromatic nitrogens is 6. The van der Waals surface area contributed by atoms with E-state index in [1.54, 1.807) is 17.3 Å². The predicted octanol–water partition coefficient (Wildman–Crippen LogP) is 2.60. The average Bonchev–Trinajstić information content (AvgIpc) is 3.32. The number of anilines is 2. The standard InChI is InChI=1S/C18H17BrN8O2/c1-9-7-29-3-2-27(9)18(28)14-13(19)12-16(21-8-22-17(12)25-14)24-11-4-10-5-23-26-15(10)20-6-11/h4-6,8-9H,2-3,7H2,1H3,(H,20,23,26)(H2,21,22,24,25)/t9-/m1/s1. The molecule has 1 aliphatic heterocycles. The summed E-state index contributed by atoms with van der Waals surface area (Å²) in [5, 5.41) is 11.6. The van der Waals surface area contributed by atoms with Crippen molar-refractivity contribution in [2.45, 2.75) is 13.0 Å². The van der Waals surface area contributed by atoms with Crippen LogP contribution in [0.4, 0.5) is 11.5 Å². The van der Waals surface area contributed by atoms with Gasteiger partial charge in [0.2, 0.25) is 0 Å². The number of carbonyl (C=O) groups is 1. The van der Waals surface area contributed by atoms with Crippen LogP contribution in [0, 0.1) is 0 Å². The summed E-state index contributed by atoms with van der Waals surface area (Å²) in [5.41, 5.74) is 2.47. The second-order valence-electron chi connectivity index (χ2n) is 6.84. The van der Waals surface area contributed by atoms with Crippen molar-refractivity contribution in [3.63, 3.8) is 0 Å². The van der Waals surface area contributed by atoms with Gasteiger partial charge in [0.15, 0.2) is 5.65 Å². The third-order valence-corrected chi connectivity index (χ3v) is 5.72. The molecule has 5 rings (SSSR count). The maximum Gasteiger partial charge on any atom is 0.271 e. The van der Waals surface area contributed by atoms with Crippen molar-refractivity contribution in [2.75, 3.05) is 25.1 Å². The summed E-state index contributed by atoms with van der Waals surface area (Å²) in [5.74, 6) is 0.468. The zero-order valence-electron chi connectivity index (χ0n) is 15.4. The Kier molecular flexibility index (Phi) is 4.40. The van der Waals surface area contributed by atoms with Gasteiger partial charge in [-0.1, -0.05) is 0 Å². The molecule has 29 heavy (non-hydrogen) atoms. The van der Waals surface area contributed by atoms with Crippen LogP contribution >= 0.6 is 15.9 Å². The molecule has 10 nitrogen and oxygen atoms in total. The van der Waals surface area contributed by atoms with Gasteiger partial charge in [0.1, 0.15) is 23.5 Å². The van der Waals surface area contributed by atoms with Crippen LogP contribution in [-0.4, -0.2) is 66.7 Å². The Morgan fingerprint density at radius 3 is 3.07 bits per heavy atom. The third-order valence-electron chi connectivity index (χ3n) is 4.93. The molecule has 5 heterocycles. The summed E-state index contributed by atoms with van der Waals surface area (Å²) in [6, 6.07) is 1.92. The Morgan fingerprint density at radius 1 is 1.31 bits per heavy atom. The first-order chi connectivity index (χ1) is 14.1. The van der Waals surface area contributed by atoms with E-state index in [0.29, 0.717) is 52.4 Å². The molecule has 1 atom stereocenters. The van der Waals surface area contributed by atoms with Crippen molar-refractivity contribution in [3.8, 4) is 0 Å². The van der Waals surface area contributed by atoms with Crippen molar-refractivity contribution in [1.82, 2.24) is 35.0 Å². The van der Waals surface area contributed by atoms with E-state index in [9.17, 15) is 4.79 Å². The summed E-state index contributed by atoms with van der Waals surface area (Å²) in [7, 11) is 0. The number of hydrogen-bond acceptors (Lipinski definition) is 7. The molecule has 0 unspecified atom stereocenters. The van der Waals surface area contributed by atoms with Gasteiger partial charge in [-0.05, 0) is 28.9 Å². The monoisotopic (exact) mass is 456 g/mol. The van der Waals surface area contributed by atoms with Gasteiger partial charge in [-0.25, -0.2) is 15.0 Å². The van der Waals surface area contributed by atoms with E-state index in [2.05, 4.69) is 51.4 Å². The number of morpholine rings is 1. The molecule has 4 aromatic heterocycles. The molecule has 4 aromatic rings. The van der Waals surface area contributed by atoms with Gasteiger partial charge in [-0.15, -0.1) is 0 Å². The molecule has 0 spiro atoms. The fraction of sp³-hybridized carbons (Fsp3) is 0.278. The quantitative estimate of drug-likeness (QED) is 0.432. The molecule has 11 heteroatoms. The summed E-state index contributed by atoms with van der Waals surface area (Å²) >= 11 is 3.58. The number of amides is 1. The molecular formula is C18H17BrN8O2. The first-order valence-electron chi connectivity index (χ1n) is 9.09. The Hall–Kier alpha value is -3.05. The van der Waals surface area contributed by atoms with Crippen LogP contribution in [-0.2, 0) is 4.74 Å². The maximum atomic E-state index is 13.1. The number of aromatic amines is 2. The first-order valence-corrected chi connectivity index (χ1v) is 9.88. The normalized spacial score (nSPS) is 17.2. The van der Waals surface area contributed by atoms with Crippen LogP contribution in [0.5, 0.6) is 0 Å². The highest BCUT2D eigenvalue weighted by atomic mass is 79.9. The van der Waals surface area contributed by atoms with Crippen molar-refractivity contribution in [3.05, 3.63) is 35.0 Å². The van der Waals surface area contributed by atoms with Crippen LogP contribution in [0.25, 0.3) is 22.1 Å². The zero-order valence-corrected chi connectivity index (χ0v) is 17.0. The van der Waals surface area contributed by atoms with E-state index in [1.807, 2.05) is 13.0 Å². The number of hydrogen-bond donors (Lipinski definition) is 3. The molecule has 1 amide bonds. The van der Waals surface area contributed by atoms with Gasteiger partial charge < -0.3 is 19.9 Å². The van der Waals surface area contributed by atoms with Gasteiger partial charge in [0.05, 0.1) is 47.2 Å². The van der Waals surface area contributed by atoms with Gasteiger partial charge >= 0.3 is 0 Å². The van der Waals surface area contributed by atoms with E-state index in [1.165, 1.54) is 6.33 Å². The first kappa shape index (κ1) is 18.0. The van der Waals surface area contributed by atoms with Crippen molar-refractivity contribution >= 4 is 55.4 Å². The van der Waals surface area contributed by atoms with Crippen LogP contribution in [0.15, 0.2) is 29.3 Å². The highest BCUT2D eigenvalue weighted by Crippen LogP contribution is 2.34. The van der Waals surface area contributed by atoms with Crippen molar-refractivity contribution in [2.24, 2.45) is 0 Å². The maximum absolute atomic E-state index is 13.1. The number of nitrogens with one attached hydrogen (secondary N) is 3. The summed E-state index contributed by atoms with van der Waals surface area (Å²) in [6.45, 7) is 3.58. The lowest BCUT2D eigenvalue weighted by Gasteiger charge is -2.33. The molecule has 1 saturated heterocycles. The minimum atomic E-state index is -0.0990. The largest absolute Gasteiger partial charge is 0.377 e. The number of rotatable bonds is 3. The summed E-state index contributed by atoms with van der Waals surface area (Å²) in [4.78, 5) is 31.0. The minimum Gasteiger partial charge on any atom is -0.377 e. The number of carbonyl (C=O) groups excluding carboxylic acids is 1. The van der Waals surface area contributed by atoms with Crippen LogP contribution < -0.4 is 5.32 Å². The van der Waals surface area contributed by atoms with Gasteiger partial charge in [0.25, 0.3) is 5.91 Å². The Morgan fingerprint density at radius 2 is 2.21 bits per heavy atom. The van der Waals surface area contributed by atoms with E-state index in [4.69, 9.17) is 4.74 Å². The second kappa shape index (κ2) is 7.08. The molecule has 3 N–H and O–H groups in total. The highest BCUT2D eigenvalue weighted by molar-refractivity contribution is 9.10. The lowest BCUT2D eigenvalue weighted by Crippen LogP contribution is -2.47. The number of fused-ring (bicyclic) bond motifs is 2. The minimum absolute atomic E-state index is 0.00556. The van der Waals surface area contributed by atoms with Crippen LogP contribution in [0.2, 0.25) is 0 Å². The smallest absolute Gasteiger partial charge is 0.271 e. The second-order valence-corrected chi connectivity index (χ2v) is 7.63. The molecule has 0 radical (unpaired) electrons. The highest BCUT2D eigenvalue weighted by Gasteiger charge is 2.29. The molecular weight excluding hydrogens is 440 g/mol. The lowest BCUT2D eigenvalue weighted by molar-refractivity contribution is 0.00327. The van der Waals surface area contributed by atoms with E-state index < -0.39 is 0 Å².